The zero-order chi connectivity index (χ0) is 14.5. The van der Waals surface area contributed by atoms with E-state index in [4.69, 9.17) is 5.73 Å². The minimum absolute atomic E-state index is 0.174. The summed E-state index contributed by atoms with van der Waals surface area (Å²) in [6, 6.07) is 5.69. The van der Waals surface area contributed by atoms with Gasteiger partial charge in [-0.05, 0) is 43.0 Å². The predicted molar refractivity (Wildman–Crippen MR) is 79.4 cm³/mol. The summed E-state index contributed by atoms with van der Waals surface area (Å²) in [5, 5.41) is 13.5. The van der Waals surface area contributed by atoms with Gasteiger partial charge in [-0.25, -0.2) is 0 Å². The Morgan fingerprint density at radius 3 is 2.80 bits per heavy atom. The molecule has 0 aromatic heterocycles. The number of carbonyl (C=O) groups excluding carboxylic acids is 1. The lowest BCUT2D eigenvalue weighted by atomic mass is 10.0. The van der Waals surface area contributed by atoms with Gasteiger partial charge in [-0.15, -0.1) is 0 Å². The molecule has 1 fully saturated rings. The third-order valence-corrected chi connectivity index (χ3v) is 4.16. The highest BCUT2D eigenvalue weighted by atomic mass is 16.3. The second-order valence-electron chi connectivity index (χ2n) is 5.70. The SMILES string of the molecule is Cc1cc(C(N)=O)ccc1CNC1CCCCCC1O. The fourth-order valence-corrected chi connectivity index (χ4v) is 2.81. The maximum atomic E-state index is 11.1. The van der Waals surface area contributed by atoms with Gasteiger partial charge in [0.1, 0.15) is 0 Å². The van der Waals surface area contributed by atoms with Gasteiger partial charge < -0.3 is 16.2 Å². The van der Waals surface area contributed by atoms with Crippen molar-refractivity contribution in [1.82, 2.24) is 5.32 Å². The molecule has 0 saturated heterocycles. The van der Waals surface area contributed by atoms with E-state index in [0.717, 1.165) is 30.4 Å². The number of aliphatic hydroxyl groups excluding tert-OH is 1. The molecule has 0 spiro atoms. The molecule has 0 radical (unpaired) electrons. The van der Waals surface area contributed by atoms with Crippen LogP contribution >= 0.6 is 0 Å². The Morgan fingerprint density at radius 2 is 2.10 bits per heavy atom. The van der Waals surface area contributed by atoms with Crippen molar-refractivity contribution in [2.45, 2.75) is 57.7 Å². The molecule has 4 heteroatoms. The van der Waals surface area contributed by atoms with Crippen molar-refractivity contribution in [2.75, 3.05) is 0 Å². The summed E-state index contributed by atoms with van der Waals surface area (Å²) in [5.41, 5.74) is 8.01. The molecule has 2 unspecified atom stereocenters. The van der Waals surface area contributed by atoms with Gasteiger partial charge in [0.05, 0.1) is 6.10 Å². The van der Waals surface area contributed by atoms with Gasteiger partial charge in [0, 0.05) is 18.2 Å². The Bertz CT molecular complexity index is 474. The van der Waals surface area contributed by atoms with Crippen LogP contribution in [0.5, 0.6) is 0 Å². The van der Waals surface area contributed by atoms with Gasteiger partial charge in [0.2, 0.25) is 5.91 Å². The van der Waals surface area contributed by atoms with Crippen LogP contribution in [0.1, 0.15) is 53.6 Å². The molecular formula is C16H24N2O2. The number of aliphatic hydroxyl groups is 1. The van der Waals surface area contributed by atoms with Crippen LogP contribution in [-0.4, -0.2) is 23.2 Å². The number of amides is 1. The number of aryl methyl sites for hydroxylation is 1. The molecule has 4 nitrogen and oxygen atoms in total. The third-order valence-electron chi connectivity index (χ3n) is 4.16. The number of rotatable bonds is 4. The molecule has 2 rings (SSSR count). The molecular weight excluding hydrogens is 252 g/mol. The second-order valence-corrected chi connectivity index (χ2v) is 5.70. The summed E-state index contributed by atoms with van der Waals surface area (Å²) in [4.78, 5) is 11.1. The quantitative estimate of drug-likeness (QED) is 0.735. The van der Waals surface area contributed by atoms with Gasteiger partial charge in [0.25, 0.3) is 0 Å². The van der Waals surface area contributed by atoms with Gasteiger partial charge in [0.15, 0.2) is 0 Å². The number of hydrogen-bond donors (Lipinski definition) is 3. The monoisotopic (exact) mass is 276 g/mol. The first kappa shape index (κ1) is 15.0. The van der Waals surface area contributed by atoms with E-state index in [-0.39, 0.29) is 12.1 Å². The van der Waals surface area contributed by atoms with Crippen LogP contribution in [0.4, 0.5) is 0 Å². The minimum atomic E-state index is -0.396. The molecule has 20 heavy (non-hydrogen) atoms. The van der Waals surface area contributed by atoms with Crippen molar-refractivity contribution >= 4 is 5.91 Å². The normalized spacial score (nSPS) is 23.3. The van der Waals surface area contributed by atoms with Crippen LogP contribution in [0, 0.1) is 6.92 Å². The topological polar surface area (TPSA) is 75.4 Å². The van der Waals surface area contributed by atoms with Crippen molar-refractivity contribution < 1.29 is 9.90 Å². The van der Waals surface area contributed by atoms with E-state index in [9.17, 15) is 9.90 Å². The largest absolute Gasteiger partial charge is 0.392 e. The molecule has 0 heterocycles. The van der Waals surface area contributed by atoms with E-state index in [1.807, 2.05) is 19.1 Å². The highest BCUT2D eigenvalue weighted by Crippen LogP contribution is 2.19. The van der Waals surface area contributed by atoms with Crippen LogP contribution in [0.15, 0.2) is 18.2 Å². The summed E-state index contributed by atoms with van der Waals surface area (Å²) < 4.78 is 0. The first-order valence-corrected chi connectivity index (χ1v) is 7.38. The Labute approximate surface area is 120 Å². The molecule has 1 aliphatic carbocycles. The zero-order valence-electron chi connectivity index (χ0n) is 12.1. The van der Waals surface area contributed by atoms with E-state index < -0.39 is 5.91 Å². The minimum Gasteiger partial charge on any atom is -0.392 e. The van der Waals surface area contributed by atoms with Crippen LogP contribution in [0.3, 0.4) is 0 Å². The van der Waals surface area contributed by atoms with Crippen molar-refractivity contribution in [2.24, 2.45) is 5.73 Å². The maximum absolute atomic E-state index is 11.1. The molecule has 1 aromatic rings. The van der Waals surface area contributed by atoms with Crippen molar-refractivity contribution in [3.63, 3.8) is 0 Å². The first-order valence-electron chi connectivity index (χ1n) is 7.38. The highest BCUT2D eigenvalue weighted by Gasteiger charge is 2.20. The Morgan fingerprint density at radius 1 is 1.35 bits per heavy atom. The lowest BCUT2D eigenvalue weighted by molar-refractivity contribution is 0.1000. The van der Waals surface area contributed by atoms with Crippen LogP contribution < -0.4 is 11.1 Å². The molecule has 110 valence electrons. The summed E-state index contributed by atoms with van der Waals surface area (Å²) in [6.07, 6.45) is 5.17. The number of nitrogens with two attached hydrogens (primary N) is 1. The second kappa shape index (κ2) is 6.86. The summed E-state index contributed by atoms with van der Waals surface area (Å²) >= 11 is 0. The predicted octanol–water partition coefficient (Wildman–Crippen LogP) is 1.88. The molecule has 4 N–H and O–H groups in total. The average Bonchev–Trinajstić information content (AvgIpc) is 2.62. The number of carbonyl (C=O) groups is 1. The number of hydrogen-bond acceptors (Lipinski definition) is 3. The lowest BCUT2D eigenvalue weighted by Gasteiger charge is -2.22. The van der Waals surface area contributed by atoms with E-state index >= 15 is 0 Å². The van der Waals surface area contributed by atoms with E-state index in [0.29, 0.717) is 12.1 Å². The van der Waals surface area contributed by atoms with Crippen LogP contribution in [-0.2, 0) is 6.54 Å². The van der Waals surface area contributed by atoms with Gasteiger partial charge in [-0.1, -0.05) is 25.3 Å². The average molecular weight is 276 g/mol. The van der Waals surface area contributed by atoms with Crippen LogP contribution in [0.25, 0.3) is 0 Å². The van der Waals surface area contributed by atoms with E-state index in [1.165, 1.54) is 12.8 Å². The van der Waals surface area contributed by atoms with Gasteiger partial charge in [-0.3, -0.25) is 4.79 Å². The molecule has 2 atom stereocenters. The van der Waals surface area contributed by atoms with Crippen molar-refractivity contribution in [1.29, 1.82) is 0 Å². The highest BCUT2D eigenvalue weighted by molar-refractivity contribution is 5.93. The first-order chi connectivity index (χ1) is 9.58. The van der Waals surface area contributed by atoms with Crippen molar-refractivity contribution in [3.8, 4) is 0 Å². The summed E-state index contributed by atoms with van der Waals surface area (Å²) in [7, 11) is 0. The molecule has 1 saturated carbocycles. The molecule has 0 bridgehead atoms. The fourth-order valence-electron chi connectivity index (χ4n) is 2.81. The zero-order valence-corrected chi connectivity index (χ0v) is 12.1. The number of benzene rings is 1. The molecule has 1 aromatic carbocycles. The third kappa shape index (κ3) is 3.81. The Hall–Kier alpha value is -1.39. The Balaban J connectivity index is 1.97. The Kier molecular flexibility index (Phi) is 5.15. The summed E-state index contributed by atoms with van der Waals surface area (Å²) in [5.74, 6) is -0.396. The summed E-state index contributed by atoms with van der Waals surface area (Å²) in [6.45, 7) is 2.69. The maximum Gasteiger partial charge on any atom is 0.248 e. The molecule has 0 aliphatic heterocycles. The smallest absolute Gasteiger partial charge is 0.248 e. The number of nitrogens with one attached hydrogen (secondary N) is 1. The molecule has 1 amide bonds. The fraction of sp³-hybridized carbons (Fsp3) is 0.562. The number of primary amides is 1. The van der Waals surface area contributed by atoms with Crippen LogP contribution in [0.2, 0.25) is 0 Å². The molecule has 1 aliphatic rings. The van der Waals surface area contributed by atoms with Gasteiger partial charge >= 0.3 is 0 Å². The van der Waals surface area contributed by atoms with Crippen molar-refractivity contribution in [3.05, 3.63) is 34.9 Å². The lowest BCUT2D eigenvalue weighted by Crippen LogP contribution is -2.38. The van der Waals surface area contributed by atoms with E-state index in [2.05, 4.69) is 5.32 Å². The standard InChI is InChI=1S/C16H24N2O2/c1-11-9-12(16(17)20)7-8-13(11)10-18-14-5-3-2-4-6-15(14)19/h7-9,14-15,18-19H,2-6,10H2,1H3,(H2,17,20). The van der Waals surface area contributed by atoms with Gasteiger partial charge in [-0.2, -0.15) is 0 Å². The van der Waals surface area contributed by atoms with E-state index in [1.54, 1.807) is 6.07 Å².